The molecule has 15 heteroatoms. The monoisotopic (exact) mass is 642 g/mol. The number of nitrogens with one attached hydrogen (secondary N) is 1. The maximum atomic E-state index is 15.1. The van der Waals surface area contributed by atoms with Crippen LogP contribution in [0.4, 0.5) is 20.3 Å². The van der Waals surface area contributed by atoms with Crippen molar-refractivity contribution in [2.75, 3.05) is 30.4 Å². The number of nitrogens with zero attached hydrogens (tertiary/aromatic N) is 6. The summed E-state index contributed by atoms with van der Waals surface area (Å²) in [6.45, 7) is 5.27. The zero-order valence-electron chi connectivity index (χ0n) is 25.1. The van der Waals surface area contributed by atoms with E-state index in [0.29, 0.717) is 30.1 Å². The van der Waals surface area contributed by atoms with Crippen molar-refractivity contribution in [3.8, 4) is 16.9 Å². The summed E-state index contributed by atoms with van der Waals surface area (Å²) >= 11 is 6.40. The van der Waals surface area contributed by atoms with Gasteiger partial charge in [-0.3, -0.25) is 19.3 Å². The van der Waals surface area contributed by atoms with Crippen molar-refractivity contribution in [2.24, 2.45) is 12.8 Å². The first kappa shape index (κ1) is 31.9. The Morgan fingerprint density at radius 2 is 1.91 bits per heavy atom. The maximum absolute atomic E-state index is 15.1. The molecular weight excluding hydrogens is 610 g/mol. The van der Waals surface area contributed by atoms with Crippen LogP contribution in [0.2, 0.25) is 5.02 Å². The summed E-state index contributed by atoms with van der Waals surface area (Å²) in [7, 11) is 3.53. The zero-order chi connectivity index (χ0) is 32.7. The SMILES string of the molecule is CCN(CC1CCC(C)N1C)c1cc(NC(=O)Cn2cc(-c3cc(C(N)=O)c(O)c(F)c3F)c3c(=O)n(C)cnc32)c(Cl)cn1. The van der Waals surface area contributed by atoms with Gasteiger partial charge in [0.1, 0.15) is 18.0 Å². The van der Waals surface area contributed by atoms with E-state index in [-0.39, 0.29) is 21.6 Å². The molecule has 1 aliphatic heterocycles. The fraction of sp³-hybridized carbons (Fsp3) is 0.367. The molecule has 0 radical (unpaired) electrons. The number of pyridine rings is 1. The van der Waals surface area contributed by atoms with E-state index in [4.69, 9.17) is 17.3 Å². The minimum atomic E-state index is -1.71. The largest absolute Gasteiger partial charge is 0.504 e. The third-order valence-electron chi connectivity index (χ3n) is 8.43. The Kier molecular flexibility index (Phi) is 8.81. The van der Waals surface area contributed by atoms with Crippen LogP contribution in [0.25, 0.3) is 22.2 Å². The van der Waals surface area contributed by atoms with Crippen LogP contribution in [0.3, 0.4) is 0 Å². The predicted molar refractivity (Wildman–Crippen MR) is 167 cm³/mol. The van der Waals surface area contributed by atoms with E-state index in [1.54, 1.807) is 6.07 Å². The number of amides is 2. The molecule has 1 aromatic carbocycles. The summed E-state index contributed by atoms with van der Waals surface area (Å²) in [5, 5.41) is 12.8. The van der Waals surface area contributed by atoms with Gasteiger partial charge in [0.2, 0.25) is 11.7 Å². The molecule has 238 valence electrons. The molecule has 0 bridgehead atoms. The molecule has 4 aromatic rings. The Labute approximate surface area is 262 Å². The fourth-order valence-electron chi connectivity index (χ4n) is 5.69. The number of phenols is 1. The van der Waals surface area contributed by atoms with Gasteiger partial charge in [0.05, 0.1) is 34.2 Å². The highest BCUT2D eigenvalue weighted by atomic mass is 35.5. The Balaban J connectivity index is 1.47. The van der Waals surface area contributed by atoms with Crippen molar-refractivity contribution in [2.45, 2.75) is 45.3 Å². The average Bonchev–Trinajstić information content (AvgIpc) is 3.52. The number of fused-ring (bicyclic) bond motifs is 1. The smallest absolute Gasteiger partial charge is 0.263 e. The summed E-state index contributed by atoms with van der Waals surface area (Å²) in [5.41, 5.74) is 3.60. The topological polar surface area (TPSA) is 152 Å². The molecule has 2 unspecified atom stereocenters. The molecular formula is C30H33ClF2N8O4. The molecule has 4 N–H and O–H groups in total. The van der Waals surface area contributed by atoms with Gasteiger partial charge in [-0.2, -0.15) is 4.39 Å². The van der Waals surface area contributed by atoms with E-state index < -0.39 is 52.4 Å². The number of likely N-dealkylation sites (tertiary alicyclic amines) is 1. The summed E-state index contributed by atoms with van der Waals surface area (Å²) in [4.78, 5) is 51.5. The van der Waals surface area contributed by atoms with Crippen LogP contribution < -0.4 is 21.5 Å². The number of nitrogens with two attached hydrogens (primary N) is 1. The first-order valence-electron chi connectivity index (χ1n) is 14.3. The molecule has 2 amide bonds. The highest BCUT2D eigenvalue weighted by Gasteiger charge is 2.29. The maximum Gasteiger partial charge on any atom is 0.263 e. The van der Waals surface area contributed by atoms with Crippen LogP contribution in [0, 0.1) is 11.6 Å². The molecule has 1 saturated heterocycles. The first-order valence-corrected chi connectivity index (χ1v) is 14.7. The molecule has 2 atom stereocenters. The first-order chi connectivity index (χ1) is 21.3. The van der Waals surface area contributed by atoms with E-state index in [9.17, 15) is 23.9 Å². The normalized spacial score (nSPS) is 16.8. The van der Waals surface area contributed by atoms with Gasteiger partial charge >= 0.3 is 0 Å². The second kappa shape index (κ2) is 12.4. The summed E-state index contributed by atoms with van der Waals surface area (Å²) < 4.78 is 32.2. The number of aromatic nitrogens is 4. The average molecular weight is 643 g/mol. The molecule has 3 aromatic heterocycles. The van der Waals surface area contributed by atoms with Crippen LogP contribution in [-0.4, -0.2) is 73.1 Å². The van der Waals surface area contributed by atoms with Crippen LogP contribution >= 0.6 is 11.6 Å². The number of hydrogen-bond acceptors (Lipinski definition) is 8. The van der Waals surface area contributed by atoms with Gasteiger partial charge in [0.25, 0.3) is 11.5 Å². The van der Waals surface area contributed by atoms with E-state index in [0.717, 1.165) is 30.0 Å². The number of hydrogen-bond donors (Lipinski definition) is 3. The highest BCUT2D eigenvalue weighted by Crippen LogP contribution is 2.36. The van der Waals surface area contributed by atoms with Crippen molar-refractivity contribution < 1.29 is 23.5 Å². The van der Waals surface area contributed by atoms with E-state index in [1.807, 2.05) is 6.92 Å². The Hall–Kier alpha value is -4.56. The van der Waals surface area contributed by atoms with Crippen molar-refractivity contribution in [1.82, 2.24) is 24.0 Å². The number of primary amides is 1. The number of carbonyl (C=O) groups excluding carboxylic acids is 2. The second-order valence-electron chi connectivity index (χ2n) is 11.2. The Morgan fingerprint density at radius 1 is 1.18 bits per heavy atom. The van der Waals surface area contributed by atoms with Gasteiger partial charge in [-0.25, -0.2) is 14.4 Å². The highest BCUT2D eigenvalue weighted by molar-refractivity contribution is 6.33. The molecule has 12 nitrogen and oxygen atoms in total. The molecule has 45 heavy (non-hydrogen) atoms. The quantitative estimate of drug-likeness (QED) is 0.251. The Morgan fingerprint density at radius 3 is 2.56 bits per heavy atom. The van der Waals surface area contributed by atoms with Crippen LogP contribution in [0.5, 0.6) is 5.75 Å². The van der Waals surface area contributed by atoms with Gasteiger partial charge in [0, 0.05) is 55.6 Å². The number of rotatable bonds is 9. The number of aromatic hydroxyl groups is 1. The lowest BCUT2D eigenvalue weighted by Crippen LogP contribution is -2.40. The summed E-state index contributed by atoms with van der Waals surface area (Å²) in [5.74, 6) is -5.60. The zero-order valence-corrected chi connectivity index (χ0v) is 25.9. The van der Waals surface area contributed by atoms with Gasteiger partial charge < -0.3 is 30.2 Å². The number of carbonyl (C=O) groups is 2. The third-order valence-corrected chi connectivity index (χ3v) is 8.73. The molecule has 0 aliphatic carbocycles. The predicted octanol–water partition coefficient (Wildman–Crippen LogP) is 3.48. The van der Waals surface area contributed by atoms with Gasteiger partial charge in [-0.05, 0) is 39.8 Å². The van der Waals surface area contributed by atoms with Crippen molar-refractivity contribution in [3.63, 3.8) is 0 Å². The third kappa shape index (κ3) is 5.94. The summed E-state index contributed by atoms with van der Waals surface area (Å²) in [6.07, 6.45) is 6.11. The minimum absolute atomic E-state index is 0.00495. The minimum Gasteiger partial charge on any atom is -0.504 e. The standard InChI is InChI=1S/C30H33ClF2N8O4/c1-5-40(11-16-7-6-15(2)39(16)4)22-9-21(20(31)10-35-22)37-23(42)13-41-12-19(24-29(41)36-14-38(3)30(24)45)17-8-18(28(34)44)27(43)26(33)25(17)32/h8-10,12,14-16,43H,5-7,11,13H2,1-4H3,(H2,34,44)(H,35,37,42). The van der Waals surface area contributed by atoms with Crippen molar-refractivity contribution in [1.29, 1.82) is 0 Å². The lowest BCUT2D eigenvalue weighted by molar-refractivity contribution is -0.116. The van der Waals surface area contributed by atoms with E-state index in [1.165, 1.54) is 30.3 Å². The van der Waals surface area contributed by atoms with Gasteiger partial charge in [-0.1, -0.05) is 11.6 Å². The van der Waals surface area contributed by atoms with Crippen molar-refractivity contribution >= 4 is 46.0 Å². The molecule has 1 fully saturated rings. The van der Waals surface area contributed by atoms with Gasteiger partial charge in [-0.15, -0.1) is 0 Å². The number of halogens is 3. The Bertz CT molecular complexity index is 1880. The molecule has 1 aliphatic rings. The number of anilines is 2. The van der Waals surface area contributed by atoms with Crippen molar-refractivity contribution in [3.05, 3.63) is 63.4 Å². The van der Waals surface area contributed by atoms with Crippen LogP contribution in [0.15, 0.2) is 35.6 Å². The second-order valence-corrected chi connectivity index (χ2v) is 11.6. The lowest BCUT2D eigenvalue weighted by Gasteiger charge is -2.30. The number of benzene rings is 1. The number of aryl methyl sites for hydroxylation is 1. The fourth-order valence-corrected chi connectivity index (χ4v) is 5.84. The number of likely N-dealkylation sites (N-methyl/N-ethyl adjacent to an activating group) is 2. The molecule has 0 saturated carbocycles. The van der Waals surface area contributed by atoms with E-state index in [2.05, 4.69) is 39.1 Å². The lowest BCUT2D eigenvalue weighted by atomic mass is 10.0. The molecule has 5 rings (SSSR count). The molecule has 4 heterocycles. The molecule has 0 spiro atoms. The summed E-state index contributed by atoms with van der Waals surface area (Å²) in [6, 6.07) is 3.40. The van der Waals surface area contributed by atoms with Crippen LogP contribution in [0.1, 0.15) is 37.0 Å². The van der Waals surface area contributed by atoms with Gasteiger partial charge in [0.15, 0.2) is 11.6 Å². The van der Waals surface area contributed by atoms with E-state index >= 15 is 4.39 Å². The van der Waals surface area contributed by atoms with Crippen LogP contribution in [-0.2, 0) is 18.4 Å².